The van der Waals surface area contributed by atoms with Crippen LogP contribution in [0.2, 0.25) is 0 Å². The molecule has 1 N–H and O–H groups in total. The maximum Gasteiger partial charge on any atom is 0.252 e. The van der Waals surface area contributed by atoms with Crippen molar-refractivity contribution in [2.24, 2.45) is 0 Å². The summed E-state index contributed by atoms with van der Waals surface area (Å²) >= 11 is 0. The third-order valence-corrected chi connectivity index (χ3v) is 7.71. The number of fused-ring (bicyclic) bond motifs is 1. The molecule has 39 heavy (non-hydrogen) atoms. The van der Waals surface area contributed by atoms with Crippen molar-refractivity contribution in [2.45, 2.75) is 70.6 Å². The van der Waals surface area contributed by atoms with Crippen molar-refractivity contribution < 1.29 is 13.9 Å². The first-order chi connectivity index (χ1) is 19.0. The molecule has 1 atom stereocenters. The molecule has 5 rings (SSSR count). The second-order valence-corrected chi connectivity index (χ2v) is 10.1. The van der Waals surface area contributed by atoms with Gasteiger partial charge < -0.3 is 14.5 Å². The lowest BCUT2D eigenvalue weighted by Gasteiger charge is -2.39. The van der Waals surface area contributed by atoms with Crippen LogP contribution >= 0.6 is 0 Å². The molecule has 2 aromatic heterocycles. The monoisotopic (exact) mass is 534 g/mol. The zero-order valence-electron chi connectivity index (χ0n) is 22.7. The van der Waals surface area contributed by atoms with Crippen LogP contribution in [0.4, 0.5) is 4.39 Å². The molecule has 0 amide bonds. The summed E-state index contributed by atoms with van der Waals surface area (Å²) in [4.78, 5) is 18.8. The fourth-order valence-corrected chi connectivity index (χ4v) is 5.69. The predicted molar refractivity (Wildman–Crippen MR) is 146 cm³/mol. The number of hydrogen-bond donors (Lipinski definition) is 1. The number of hydrogen-bond acceptors (Lipinski definition) is 7. The van der Waals surface area contributed by atoms with E-state index in [1.165, 1.54) is 18.6 Å². The Labute approximate surface area is 226 Å². The number of H-pyrrole nitrogens is 1. The van der Waals surface area contributed by atoms with Crippen molar-refractivity contribution in [1.82, 2.24) is 30.1 Å². The minimum atomic E-state index is -0.276. The van der Waals surface area contributed by atoms with E-state index >= 15 is 0 Å². The van der Waals surface area contributed by atoms with Crippen LogP contribution in [-0.2, 0) is 13.1 Å². The van der Waals surface area contributed by atoms with Gasteiger partial charge in [0.05, 0.1) is 32.3 Å². The zero-order valence-corrected chi connectivity index (χ0v) is 22.7. The van der Waals surface area contributed by atoms with E-state index in [4.69, 9.17) is 9.47 Å². The highest BCUT2D eigenvalue weighted by molar-refractivity contribution is 5.83. The molecule has 0 aliphatic heterocycles. The first-order valence-electron chi connectivity index (χ1n) is 13.5. The third-order valence-electron chi connectivity index (χ3n) is 7.71. The average Bonchev–Trinajstić information content (AvgIpc) is 3.41. The Bertz CT molecular complexity index is 1460. The van der Waals surface area contributed by atoms with Crippen molar-refractivity contribution in [2.75, 3.05) is 14.2 Å². The minimum Gasteiger partial charge on any atom is -0.493 e. The summed E-state index contributed by atoms with van der Waals surface area (Å²) < 4.78 is 26.2. The zero-order chi connectivity index (χ0) is 27.4. The Morgan fingerprint density at radius 1 is 1.08 bits per heavy atom. The smallest absolute Gasteiger partial charge is 0.252 e. The molecule has 206 valence electrons. The predicted octanol–water partition coefficient (Wildman–Crippen LogP) is 5.01. The van der Waals surface area contributed by atoms with Crippen LogP contribution in [-0.4, -0.2) is 50.4 Å². The van der Waals surface area contributed by atoms with Gasteiger partial charge >= 0.3 is 0 Å². The minimum absolute atomic E-state index is 0.0935. The van der Waals surface area contributed by atoms with E-state index in [0.717, 1.165) is 48.9 Å². The van der Waals surface area contributed by atoms with Gasteiger partial charge in [0, 0.05) is 29.6 Å². The van der Waals surface area contributed by atoms with Crippen molar-refractivity contribution in [1.29, 1.82) is 0 Å². The van der Waals surface area contributed by atoms with Gasteiger partial charge in [-0.15, -0.1) is 5.10 Å². The quantitative estimate of drug-likeness (QED) is 0.306. The van der Waals surface area contributed by atoms with Crippen LogP contribution in [0.3, 0.4) is 0 Å². The Kier molecular flexibility index (Phi) is 8.21. The maximum atomic E-state index is 13.5. The highest BCUT2D eigenvalue weighted by Crippen LogP contribution is 2.34. The fourth-order valence-electron chi connectivity index (χ4n) is 5.69. The van der Waals surface area contributed by atoms with E-state index < -0.39 is 0 Å². The molecule has 1 unspecified atom stereocenters. The summed E-state index contributed by atoms with van der Waals surface area (Å²) in [5.41, 5.74) is 2.16. The molecule has 0 spiro atoms. The van der Waals surface area contributed by atoms with Gasteiger partial charge in [-0.3, -0.25) is 9.69 Å². The number of nitrogens with one attached hydrogen (secondary N) is 1. The third kappa shape index (κ3) is 5.80. The Morgan fingerprint density at radius 3 is 2.49 bits per heavy atom. The molecule has 0 saturated heterocycles. The molecule has 1 aliphatic carbocycles. The summed E-state index contributed by atoms with van der Waals surface area (Å²) in [6, 6.07) is 12.2. The van der Waals surface area contributed by atoms with Crippen molar-refractivity contribution >= 4 is 10.9 Å². The number of benzene rings is 2. The highest BCUT2D eigenvalue weighted by atomic mass is 19.1. The van der Waals surface area contributed by atoms with E-state index in [0.29, 0.717) is 41.7 Å². The number of halogens is 1. The van der Waals surface area contributed by atoms with Gasteiger partial charge in [0.25, 0.3) is 5.56 Å². The first kappa shape index (κ1) is 26.8. The average molecular weight is 535 g/mol. The van der Waals surface area contributed by atoms with Crippen LogP contribution in [0.25, 0.3) is 10.9 Å². The van der Waals surface area contributed by atoms with Gasteiger partial charge in [-0.25, -0.2) is 9.07 Å². The largest absolute Gasteiger partial charge is 0.493 e. The van der Waals surface area contributed by atoms with Crippen molar-refractivity contribution in [3.05, 3.63) is 75.6 Å². The van der Waals surface area contributed by atoms with Crippen LogP contribution in [0, 0.1) is 5.82 Å². The lowest BCUT2D eigenvalue weighted by molar-refractivity contribution is 0.0844. The number of aromatic nitrogens is 5. The topological polar surface area (TPSA) is 98.2 Å². The van der Waals surface area contributed by atoms with Crippen molar-refractivity contribution in [3.8, 4) is 11.5 Å². The highest BCUT2D eigenvalue weighted by Gasteiger charge is 2.32. The summed E-state index contributed by atoms with van der Waals surface area (Å²) in [5.74, 6) is 1.65. The number of aromatic amines is 1. The maximum absolute atomic E-state index is 13.5. The standard InChI is InChI=1S/C29H35FN6O3/c1-4-25(28-32-33-34-36(28)17-19-10-12-22(30)13-11-19)35(23-8-6-5-7-9-23)18-21-14-20-15-26(38-2)27(39-3)16-24(20)31-29(21)37/h10-16,23,25H,4-9,17-18H2,1-3H3,(H,31,37). The lowest BCUT2D eigenvalue weighted by atomic mass is 9.92. The molecular formula is C29H35FN6O3. The first-order valence-corrected chi connectivity index (χ1v) is 13.5. The van der Waals surface area contributed by atoms with Crippen LogP contribution < -0.4 is 15.0 Å². The summed E-state index contributed by atoms with van der Waals surface area (Å²) in [6.07, 6.45) is 6.43. The van der Waals surface area contributed by atoms with Gasteiger partial charge in [-0.05, 0) is 59.5 Å². The van der Waals surface area contributed by atoms with E-state index in [1.807, 2.05) is 12.1 Å². The molecule has 1 fully saturated rings. The number of methoxy groups -OCH3 is 2. The molecular weight excluding hydrogens is 499 g/mol. The normalized spacial score (nSPS) is 15.1. The van der Waals surface area contributed by atoms with Gasteiger partial charge in [0.2, 0.25) is 0 Å². The summed E-state index contributed by atoms with van der Waals surface area (Å²) in [7, 11) is 3.18. The SMILES string of the molecule is CCC(c1nnnn1Cc1ccc(F)cc1)N(Cc1cc2cc(OC)c(OC)cc2[nH]c1=O)C1CCCCC1. The van der Waals surface area contributed by atoms with Gasteiger partial charge in [0.15, 0.2) is 17.3 Å². The van der Waals surface area contributed by atoms with Gasteiger partial charge in [-0.2, -0.15) is 0 Å². The fraction of sp³-hybridized carbons (Fsp3) is 0.448. The van der Waals surface area contributed by atoms with Gasteiger partial charge in [-0.1, -0.05) is 38.3 Å². The van der Waals surface area contributed by atoms with E-state index in [9.17, 15) is 9.18 Å². The van der Waals surface area contributed by atoms with Crippen molar-refractivity contribution in [3.63, 3.8) is 0 Å². The second-order valence-electron chi connectivity index (χ2n) is 10.1. The molecule has 1 saturated carbocycles. The van der Waals surface area contributed by atoms with E-state index in [2.05, 4.69) is 32.3 Å². The number of ether oxygens (including phenoxy) is 2. The number of rotatable bonds is 10. The molecule has 2 aromatic carbocycles. The van der Waals surface area contributed by atoms with Crippen LogP contribution in [0.5, 0.6) is 11.5 Å². The molecule has 1 aliphatic rings. The number of nitrogens with zero attached hydrogens (tertiary/aromatic N) is 5. The van der Waals surface area contributed by atoms with E-state index in [-0.39, 0.29) is 17.4 Å². The molecule has 10 heteroatoms. The van der Waals surface area contributed by atoms with Crippen LogP contribution in [0.1, 0.15) is 68.4 Å². The van der Waals surface area contributed by atoms with Gasteiger partial charge in [0.1, 0.15) is 5.82 Å². The second kappa shape index (κ2) is 11.9. The Balaban J connectivity index is 1.51. The summed E-state index contributed by atoms with van der Waals surface area (Å²) in [5, 5.41) is 13.6. The Hall–Kier alpha value is -3.79. The molecule has 4 aromatic rings. The number of tetrazole rings is 1. The summed E-state index contributed by atoms with van der Waals surface area (Å²) in [6.45, 7) is 3.03. The lowest BCUT2D eigenvalue weighted by Crippen LogP contribution is -2.41. The molecule has 0 radical (unpaired) electrons. The molecule has 9 nitrogen and oxygen atoms in total. The molecule has 0 bridgehead atoms. The molecule has 2 heterocycles. The Morgan fingerprint density at radius 2 is 1.79 bits per heavy atom. The van der Waals surface area contributed by atoms with E-state index in [1.54, 1.807) is 37.1 Å². The van der Waals surface area contributed by atoms with Crippen LogP contribution in [0.15, 0.2) is 47.3 Å². The number of pyridine rings is 1.